The zero-order valence-electron chi connectivity index (χ0n) is 11.7. The second-order valence-corrected chi connectivity index (χ2v) is 4.45. The van der Waals surface area contributed by atoms with Crippen LogP contribution in [-0.4, -0.2) is 27.9 Å². The highest BCUT2D eigenvalue weighted by Gasteiger charge is 2.21. The number of rotatable bonds is 4. The van der Waals surface area contributed by atoms with Crippen molar-refractivity contribution in [2.75, 3.05) is 27.9 Å². The van der Waals surface area contributed by atoms with Gasteiger partial charge in [-0.25, -0.2) is 0 Å². The molecular weight excluding hydrogens is 266 g/mol. The minimum Gasteiger partial charge on any atom is -0.496 e. The molecule has 1 aromatic carbocycles. The van der Waals surface area contributed by atoms with Crippen molar-refractivity contribution < 1.29 is 14.2 Å². The Morgan fingerprint density at radius 1 is 0.947 bits per heavy atom. The van der Waals surface area contributed by atoms with E-state index in [-0.39, 0.29) is 12.4 Å². The number of nitrogens with one attached hydrogen (secondary N) is 1. The maximum Gasteiger partial charge on any atom is 0.164 e. The van der Waals surface area contributed by atoms with E-state index in [0.29, 0.717) is 11.8 Å². The highest BCUT2D eigenvalue weighted by Crippen LogP contribution is 2.39. The van der Waals surface area contributed by atoms with Crippen molar-refractivity contribution in [3.8, 4) is 17.2 Å². The fourth-order valence-electron chi connectivity index (χ4n) is 2.44. The van der Waals surface area contributed by atoms with E-state index in [1.165, 1.54) is 12.8 Å². The average molecular weight is 288 g/mol. The molecule has 1 fully saturated rings. The summed E-state index contributed by atoms with van der Waals surface area (Å²) in [6.45, 7) is 1.06. The molecule has 0 aromatic heterocycles. The van der Waals surface area contributed by atoms with Gasteiger partial charge in [-0.3, -0.25) is 0 Å². The quantitative estimate of drug-likeness (QED) is 0.924. The first-order valence-electron chi connectivity index (χ1n) is 6.33. The molecule has 1 atom stereocenters. The minimum atomic E-state index is 0. The van der Waals surface area contributed by atoms with Gasteiger partial charge in [0.15, 0.2) is 11.5 Å². The minimum absolute atomic E-state index is 0. The molecule has 4 nitrogen and oxygen atoms in total. The summed E-state index contributed by atoms with van der Waals surface area (Å²) in [7, 11) is 4.98. The Bertz CT molecular complexity index is 406. The van der Waals surface area contributed by atoms with Crippen LogP contribution in [0.25, 0.3) is 0 Å². The Labute approximate surface area is 120 Å². The number of methoxy groups -OCH3 is 3. The Hall–Kier alpha value is -1.13. The molecule has 0 unspecified atom stereocenters. The van der Waals surface area contributed by atoms with Gasteiger partial charge < -0.3 is 19.5 Å². The summed E-state index contributed by atoms with van der Waals surface area (Å²) in [5.74, 6) is 2.31. The molecule has 0 radical (unpaired) electrons. The van der Waals surface area contributed by atoms with Gasteiger partial charge in [0, 0.05) is 17.7 Å². The van der Waals surface area contributed by atoms with E-state index >= 15 is 0 Å². The molecule has 2 rings (SSSR count). The summed E-state index contributed by atoms with van der Waals surface area (Å²) in [5.41, 5.74) is 1.15. The molecule has 19 heavy (non-hydrogen) atoms. The van der Waals surface area contributed by atoms with Gasteiger partial charge in [0.1, 0.15) is 5.75 Å². The monoisotopic (exact) mass is 287 g/mol. The van der Waals surface area contributed by atoms with Gasteiger partial charge in [0.25, 0.3) is 0 Å². The van der Waals surface area contributed by atoms with Crippen LogP contribution in [0.5, 0.6) is 17.2 Å². The molecule has 5 heteroatoms. The fraction of sp³-hybridized carbons (Fsp3) is 0.571. The zero-order valence-corrected chi connectivity index (χ0v) is 12.5. The first-order chi connectivity index (χ1) is 8.80. The van der Waals surface area contributed by atoms with Crippen molar-refractivity contribution >= 4 is 12.4 Å². The van der Waals surface area contributed by atoms with Crippen molar-refractivity contribution in [1.82, 2.24) is 5.32 Å². The van der Waals surface area contributed by atoms with E-state index in [0.717, 1.165) is 30.0 Å². The first-order valence-corrected chi connectivity index (χ1v) is 6.33. The molecule has 1 saturated heterocycles. The zero-order chi connectivity index (χ0) is 13.0. The molecule has 1 N–H and O–H groups in total. The standard InChI is InChI=1S/C14H21NO3.ClH/c1-16-12-9-14(18-3)13(17-2)8-10(12)11-6-4-5-7-15-11;/h8-9,11,15H,4-7H2,1-3H3;1H/t11-;/m1./s1. The number of hydrogen-bond acceptors (Lipinski definition) is 4. The van der Waals surface area contributed by atoms with Gasteiger partial charge in [0.05, 0.1) is 21.3 Å². The van der Waals surface area contributed by atoms with Crippen LogP contribution in [0.3, 0.4) is 0 Å². The van der Waals surface area contributed by atoms with Crippen LogP contribution in [0.1, 0.15) is 30.9 Å². The van der Waals surface area contributed by atoms with Crippen molar-refractivity contribution in [3.63, 3.8) is 0 Å². The summed E-state index contributed by atoms with van der Waals surface area (Å²) >= 11 is 0. The van der Waals surface area contributed by atoms with Gasteiger partial charge in [0.2, 0.25) is 0 Å². The van der Waals surface area contributed by atoms with E-state index in [4.69, 9.17) is 14.2 Å². The Morgan fingerprint density at radius 3 is 2.11 bits per heavy atom. The lowest BCUT2D eigenvalue weighted by molar-refractivity contribution is 0.340. The third-order valence-electron chi connectivity index (χ3n) is 3.42. The SMILES string of the molecule is COc1cc(OC)c([C@H]2CCCCN2)cc1OC.Cl. The summed E-state index contributed by atoms with van der Waals surface area (Å²) < 4.78 is 16.1. The van der Waals surface area contributed by atoms with Crippen LogP contribution in [0.2, 0.25) is 0 Å². The Morgan fingerprint density at radius 2 is 1.58 bits per heavy atom. The molecule has 0 spiro atoms. The van der Waals surface area contributed by atoms with Crippen LogP contribution < -0.4 is 19.5 Å². The molecule has 1 aliphatic heterocycles. The molecular formula is C14H22ClNO3. The molecule has 0 bridgehead atoms. The summed E-state index contributed by atoms with van der Waals surface area (Å²) in [5, 5.41) is 3.52. The van der Waals surface area contributed by atoms with Gasteiger partial charge in [-0.1, -0.05) is 6.42 Å². The van der Waals surface area contributed by atoms with Gasteiger partial charge in [-0.15, -0.1) is 12.4 Å². The van der Waals surface area contributed by atoms with E-state index in [1.54, 1.807) is 21.3 Å². The van der Waals surface area contributed by atoms with E-state index < -0.39 is 0 Å². The predicted octanol–water partition coefficient (Wildman–Crippen LogP) is 2.95. The van der Waals surface area contributed by atoms with Crippen LogP contribution in [0.15, 0.2) is 12.1 Å². The molecule has 0 aliphatic carbocycles. The molecule has 1 heterocycles. The highest BCUT2D eigenvalue weighted by molar-refractivity contribution is 5.85. The molecule has 1 aliphatic rings. The number of hydrogen-bond donors (Lipinski definition) is 1. The second kappa shape index (κ2) is 7.46. The van der Waals surface area contributed by atoms with Crippen LogP contribution in [0, 0.1) is 0 Å². The van der Waals surface area contributed by atoms with Gasteiger partial charge >= 0.3 is 0 Å². The fourth-order valence-corrected chi connectivity index (χ4v) is 2.44. The molecule has 1 aromatic rings. The molecule has 108 valence electrons. The van der Waals surface area contributed by atoms with Crippen molar-refractivity contribution in [2.24, 2.45) is 0 Å². The predicted molar refractivity (Wildman–Crippen MR) is 77.9 cm³/mol. The average Bonchev–Trinajstić information content (AvgIpc) is 2.46. The lowest BCUT2D eigenvalue weighted by Crippen LogP contribution is -2.27. The molecule has 0 amide bonds. The van der Waals surface area contributed by atoms with Crippen molar-refractivity contribution in [1.29, 1.82) is 0 Å². The van der Waals surface area contributed by atoms with Crippen molar-refractivity contribution in [2.45, 2.75) is 25.3 Å². The maximum absolute atomic E-state index is 5.46. The number of benzene rings is 1. The van der Waals surface area contributed by atoms with E-state index in [2.05, 4.69) is 5.32 Å². The summed E-state index contributed by atoms with van der Waals surface area (Å²) in [6, 6.07) is 4.25. The first kappa shape index (κ1) is 15.9. The summed E-state index contributed by atoms with van der Waals surface area (Å²) in [6.07, 6.45) is 3.62. The highest BCUT2D eigenvalue weighted by atomic mass is 35.5. The van der Waals surface area contributed by atoms with Crippen LogP contribution in [0.4, 0.5) is 0 Å². The van der Waals surface area contributed by atoms with Crippen molar-refractivity contribution in [3.05, 3.63) is 17.7 Å². The second-order valence-electron chi connectivity index (χ2n) is 4.45. The number of halogens is 1. The third-order valence-corrected chi connectivity index (χ3v) is 3.42. The largest absolute Gasteiger partial charge is 0.496 e. The topological polar surface area (TPSA) is 39.7 Å². The number of ether oxygens (including phenoxy) is 3. The number of piperidine rings is 1. The summed E-state index contributed by atoms with van der Waals surface area (Å²) in [4.78, 5) is 0. The van der Waals surface area contributed by atoms with Crippen LogP contribution in [-0.2, 0) is 0 Å². The van der Waals surface area contributed by atoms with Gasteiger partial charge in [-0.05, 0) is 25.5 Å². The lowest BCUT2D eigenvalue weighted by atomic mass is 9.96. The Kier molecular flexibility index (Phi) is 6.25. The lowest BCUT2D eigenvalue weighted by Gasteiger charge is -2.26. The van der Waals surface area contributed by atoms with E-state index in [1.807, 2.05) is 12.1 Å². The third kappa shape index (κ3) is 3.45. The van der Waals surface area contributed by atoms with Crippen LogP contribution >= 0.6 is 12.4 Å². The smallest absolute Gasteiger partial charge is 0.164 e. The van der Waals surface area contributed by atoms with E-state index in [9.17, 15) is 0 Å². The Balaban J connectivity index is 0.00000180. The molecule has 0 saturated carbocycles. The van der Waals surface area contributed by atoms with Gasteiger partial charge in [-0.2, -0.15) is 0 Å². The maximum atomic E-state index is 5.46. The normalized spacial score (nSPS) is 18.4.